The number of rotatable bonds is 6. The maximum Gasteiger partial charge on any atom is 0.343 e. The molecule has 0 spiro atoms. The number of hydrogen-bond donors (Lipinski definition) is 2. The number of aliphatic hydroxyl groups excluding tert-OH is 1. The molecular formula is C22H20N4O7. The number of carbonyl (C=O) groups is 5. The maximum absolute atomic E-state index is 13.3. The Morgan fingerprint density at radius 3 is 2.55 bits per heavy atom. The van der Waals surface area contributed by atoms with E-state index in [4.69, 9.17) is 9.84 Å². The highest BCUT2D eigenvalue weighted by Gasteiger charge is 2.48. The molecule has 1 aromatic carbocycles. The Bertz CT molecular complexity index is 1160. The zero-order chi connectivity index (χ0) is 23.7. The van der Waals surface area contributed by atoms with E-state index in [-0.39, 0.29) is 47.5 Å². The van der Waals surface area contributed by atoms with Crippen molar-refractivity contribution in [3.63, 3.8) is 0 Å². The number of aromatic nitrogens is 1. The standard InChI is InChI=1S/C22H20N4O7/c1-23-18-15(33-22(32)12-6-8-24-9-7-12)4-2-13-17(18)21(31)26(19(13)29)14-3-5-16(28)25(10-11-27)20(14)30/h2,4,6-9,14,23,27H,3,5,10-11H2,1H3. The molecule has 4 rings (SSSR count). The van der Waals surface area contributed by atoms with Gasteiger partial charge in [0.15, 0.2) is 5.75 Å². The lowest BCUT2D eigenvalue weighted by atomic mass is 10.0. The van der Waals surface area contributed by atoms with Crippen LogP contribution in [0.25, 0.3) is 0 Å². The Hall–Kier alpha value is -4.12. The largest absolute Gasteiger partial charge is 0.421 e. The number of fused-ring (bicyclic) bond motifs is 1. The molecule has 0 radical (unpaired) electrons. The van der Waals surface area contributed by atoms with E-state index in [1.54, 1.807) is 0 Å². The van der Waals surface area contributed by atoms with Crippen molar-refractivity contribution in [2.24, 2.45) is 0 Å². The van der Waals surface area contributed by atoms with Gasteiger partial charge in [0.05, 0.1) is 35.5 Å². The molecule has 170 valence electrons. The Labute approximate surface area is 187 Å². The quantitative estimate of drug-likeness (QED) is 0.362. The van der Waals surface area contributed by atoms with Gasteiger partial charge in [-0.05, 0) is 30.7 Å². The highest BCUT2D eigenvalue weighted by atomic mass is 16.5. The molecule has 1 unspecified atom stereocenters. The summed E-state index contributed by atoms with van der Waals surface area (Å²) in [6, 6.07) is 4.52. The highest BCUT2D eigenvalue weighted by Crippen LogP contribution is 2.38. The van der Waals surface area contributed by atoms with Crippen molar-refractivity contribution in [2.75, 3.05) is 25.5 Å². The Kier molecular flexibility index (Phi) is 5.88. The minimum absolute atomic E-state index is 0.0101. The molecule has 0 bridgehead atoms. The van der Waals surface area contributed by atoms with Gasteiger partial charge < -0.3 is 15.2 Å². The molecule has 2 aliphatic heterocycles. The van der Waals surface area contributed by atoms with Crippen LogP contribution in [0.4, 0.5) is 5.69 Å². The second-order valence-electron chi connectivity index (χ2n) is 7.38. The Morgan fingerprint density at radius 1 is 1.15 bits per heavy atom. The third-order valence-electron chi connectivity index (χ3n) is 5.54. The van der Waals surface area contributed by atoms with Gasteiger partial charge in [-0.15, -0.1) is 0 Å². The average molecular weight is 452 g/mol. The molecule has 0 aliphatic carbocycles. The van der Waals surface area contributed by atoms with Crippen molar-refractivity contribution in [1.82, 2.24) is 14.8 Å². The first-order valence-corrected chi connectivity index (χ1v) is 10.2. The first kappa shape index (κ1) is 22.1. The number of likely N-dealkylation sites (tertiary alicyclic amines) is 1. The Morgan fingerprint density at radius 2 is 1.88 bits per heavy atom. The molecule has 1 fully saturated rings. The molecule has 2 aromatic rings. The van der Waals surface area contributed by atoms with Gasteiger partial charge in [-0.3, -0.25) is 34.0 Å². The van der Waals surface area contributed by atoms with Crippen LogP contribution in [0.5, 0.6) is 5.75 Å². The van der Waals surface area contributed by atoms with Crippen molar-refractivity contribution in [1.29, 1.82) is 0 Å². The first-order chi connectivity index (χ1) is 15.9. The second-order valence-corrected chi connectivity index (χ2v) is 7.38. The van der Waals surface area contributed by atoms with Crippen molar-refractivity contribution in [3.8, 4) is 5.75 Å². The number of β-amino-alcohol motifs (C(OH)–C–C–N with tert-alkyl or cyclic N) is 1. The van der Waals surface area contributed by atoms with E-state index in [1.807, 2.05) is 0 Å². The molecule has 2 N–H and O–H groups in total. The van der Waals surface area contributed by atoms with Crippen LogP contribution in [0.3, 0.4) is 0 Å². The van der Waals surface area contributed by atoms with E-state index in [9.17, 15) is 24.0 Å². The molecule has 0 saturated carbocycles. The summed E-state index contributed by atoms with van der Waals surface area (Å²) in [7, 11) is 1.51. The molecule has 1 atom stereocenters. The number of nitrogens with zero attached hydrogens (tertiary/aromatic N) is 3. The van der Waals surface area contributed by atoms with Gasteiger partial charge in [0.25, 0.3) is 17.7 Å². The lowest BCUT2D eigenvalue weighted by Gasteiger charge is -2.34. The van der Waals surface area contributed by atoms with Gasteiger partial charge in [0.2, 0.25) is 5.91 Å². The molecule has 4 amide bonds. The van der Waals surface area contributed by atoms with E-state index >= 15 is 0 Å². The summed E-state index contributed by atoms with van der Waals surface area (Å²) in [6.45, 7) is -0.642. The molecule has 1 saturated heterocycles. The third kappa shape index (κ3) is 3.72. The number of esters is 1. The molecule has 33 heavy (non-hydrogen) atoms. The van der Waals surface area contributed by atoms with Crippen LogP contribution in [0.1, 0.15) is 43.9 Å². The highest BCUT2D eigenvalue weighted by molar-refractivity contribution is 6.26. The normalized spacial score (nSPS) is 17.9. The number of nitrogens with one attached hydrogen (secondary N) is 1. The van der Waals surface area contributed by atoms with E-state index in [1.165, 1.54) is 43.7 Å². The van der Waals surface area contributed by atoms with Crippen LogP contribution in [0, 0.1) is 0 Å². The lowest BCUT2D eigenvalue weighted by Crippen LogP contribution is -2.56. The van der Waals surface area contributed by atoms with E-state index < -0.39 is 42.2 Å². The average Bonchev–Trinajstić information content (AvgIpc) is 3.07. The molecule has 11 heteroatoms. The number of pyridine rings is 1. The van der Waals surface area contributed by atoms with Gasteiger partial charge in [0, 0.05) is 25.9 Å². The SMILES string of the molecule is CNc1c(OC(=O)c2ccncc2)ccc2c1C(=O)N(C1CCC(=O)N(CCO)C1=O)C2=O. The predicted octanol–water partition coefficient (Wildman–Crippen LogP) is 0.448. The van der Waals surface area contributed by atoms with Crippen molar-refractivity contribution >= 4 is 35.3 Å². The van der Waals surface area contributed by atoms with Gasteiger partial charge >= 0.3 is 5.97 Å². The van der Waals surface area contributed by atoms with E-state index in [0.29, 0.717) is 0 Å². The number of carbonyl (C=O) groups excluding carboxylic acids is 5. The summed E-state index contributed by atoms with van der Waals surface area (Å²) < 4.78 is 5.44. The molecule has 3 heterocycles. The summed E-state index contributed by atoms with van der Waals surface area (Å²) in [4.78, 5) is 69.3. The smallest absolute Gasteiger partial charge is 0.343 e. The van der Waals surface area contributed by atoms with Crippen LogP contribution < -0.4 is 10.1 Å². The fraction of sp³-hybridized carbons (Fsp3) is 0.273. The molecule has 1 aromatic heterocycles. The number of piperidine rings is 1. The lowest BCUT2D eigenvalue weighted by molar-refractivity contribution is -0.152. The summed E-state index contributed by atoms with van der Waals surface area (Å²) in [5.74, 6) is -3.25. The van der Waals surface area contributed by atoms with Crippen LogP contribution in [0.15, 0.2) is 36.7 Å². The van der Waals surface area contributed by atoms with Gasteiger partial charge in [-0.1, -0.05) is 0 Å². The monoisotopic (exact) mass is 452 g/mol. The van der Waals surface area contributed by atoms with Crippen LogP contribution in [0.2, 0.25) is 0 Å². The van der Waals surface area contributed by atoms with Crippen LogP contribution >= 0.6 is 0 Å². The zero-order valence-corrected chi connectivity index (χ0v) is 17.6. The topological polar surface area (TPSA) is 146 Å². The summed E-state index contributed by atoms with van der Waals surface area (Å²) in [5.41, 5.74) is 0.396. The van der Waals surface area contributed by atoms with Gasteiger partial charge in [0.1, 0.15) is 6.04 Å². The molecular weight excluding hydrogens is 432 g/mol. The number of anilines is 1. The first-order valence-electron chi connectivity index (χ1n) is 10.2. The fourth-order valence-corrected chi connectivity index (χ4v) is 3.99. The van der Waals surface area contributed by atoms with Crippen molar-refractivity contribution in [3.05, 3.63) is 53.3 Å². The summed E-state index contributed by atoms with van der Waals surface area (Å²) >= 11 is 0. The van der Waals surface area contributed by atoms with Gasteiger partial charge in [-0.2, -0.15) is 0 Å². The van der Waals surface area contributed by atoms with E-state index in [2.05, 4.69) is 10.3 Å². The number of imide groups is 2. The summed E-state index contributed by atoms with van der Waals surface area (Å²) in [5, 5.41) is 12.0. The number of benzene rings is 1. The molecule has 11 nitrogen and oxygen atoms in total. The van der Waals surface area contributed by atoms with Crippen LogP contribution in [-0.4, -0.2) is 75.7 Å². The van der Waals surface area contributed by atoms with Gasteiger partial charge in [-0.25, -0.2) is 4.79 Å². The van der Waals surface area contributed by atoms with Crippen molar-refractivity contribution in [2.45, 2.75) is 18.9 Å². The number of hydrogen-bond acceptors (Lipinski definition) is 9. The van der Waals surface area contributed by atoms with Crippen molar-refractivity contribution < 1.29 is 33.8 Å². The number of amides is 4. The minimum Gasteiger partial charge on any atom is -0.421 e. The van der Waals surface area contributed by atoms with E-state index in [0.717, 1.165) is 9.80 Å². The zero-order valence-electron chi connectivity index (χ0n) is 17.6. The number of aliphatic hydroxyl groups is 1. The maximum atomic E-state index is 13.3. The fourth-order valence-electron chi connectivity index (χ4n) is 3.99. The minimum atomic E-state index is -1.17. The predicted molar refractivity (Wildman–Crippen MR) is 113 cm³/mol. The second kappa shape index (κ2) is 8.79. The van der Waals surface area contributed by atoms with Crippen LogP contribution in [-0.2, 0) is 9.59 Å². The Balaban J connectivity index is 1.66. The number of ether oxygens (including phenoxy) is 1. The summed E-state index contributed by atoms with van der Waals surface area (Å²) in [6.07, 6.45) is 2.82. The molecule has 2 aliphatic rings. The third-order valence-corrected chi connectivity index (χ3v) is 5.54.